The first-order valence-electron chi connectivity index (χ1n) is 11.5. The summed E-state index contributed by atoms with van der Waals surface area (Å²) >= 11 is 0. The highest BCUT2D eigenvalue weighted by atomic mass is 16.2. The Hall–Kier alpha value is -3.16. The normalized spacial score (nSPS) is 25.9. The van der Waals surface area contributed by atoms with Gasteiger partial charge in [-0.3, -0.25) is 19.3 Å². The number of benzene rings is 1. The SMILES string of the molecule is CCNC(=O)c1cccc(CN=C(NCC)NCCN2C(=O)C3C4C=CC(C4)C3C2=O)c1. The van der Waals surface area contributed by atoms with E-state index in [0.29, 0.717) is 44.2 Å². The number of likely N-dealkylation sites (tertiary alicyclic amines) is 1. The van der Waals surface area contributed by atoms with Crippen molar-refractivity contribution in [3.05, 3.63) is 47.5 Å². The smallest absolute Gasteiger partial charge is 0.251 e. The first-order valence-corrected chi connectivity index (χ1v) is 11.5. The number of hydrogen-bond donors (Lipinski definition) is 3. The van der Waals surface area contributed by atoms with Crippen LogP contribution in [0.25, 0.3) is 0 Å². The molecule has 3 aliphatic rings. The van der Waals surface area contributed by atoms with Crippen LogP contribution in [0.5, 0.6) is 0 Å². The summed E-state index contributed by atoms with van der Waals surface area (Å²) in [6, 6.07) is 7.39. The van der Waals surface area contributed by atoms with E-state index in [4.69, 9.17) is 0 Å². The molecule has 1 saturated heterocycles. The van der Waals surface area contributed by atoms with Crippen LogP contribution in [-0.4, -0.2) is 54.8 Å². The second kappa shape index (κ2) is 9.54. The summed E-state index contributed by atoms with van der Waals surface area (Å²) in [5.41, 5.74) is 1.53. The van der Waals surface area contributed by atoms with Gasteiger partial charge in [-0.1, -0.05) is 24.3 Å². The first kappa shape index (κ1) is 22.0. The lowest BCUT2D eigenvalue weighted by Gasteiger charge is -2.18. The zero-order valence-corrected chi connectivity index (χ0v) is 18.6. The molecule has 1 saturated carbocycles. The molecule has 1 aliphatic heterocycles. The summed E-state index contributed by atoms with van der Waals surface area (Å²) < 4.78 is 0. The number of imide groups is 1. The third kappa shape index (κ3) is 4.26. The van der Waals surface area contributed by atoms with Crippen molar-refractivity contribution in [1.82, 2.24) is 20.9 Å². The van der Waals surface area contributed by atoms with Gasteiger partial charge in [0.15, 0.2) is 5.96 Å². The maximum Gasteiger partial charge on any atom is 0.251 e. The Bertz CT molecular complexity index is 927. The number of guanidine groups is 1. The Kier molecular flexibility index (Phi) is 6.58. The molecule has 0 spiro atoms. The zero-order valence-electron chi connectivity index (χ0n) is 18.6. The van der Waals surface area contributed by atoms with Gasteiger partial charge in [0.1, 0.15) is 0 Å². The van der Waals surface area contributed by atoms with Crippen LogP contribution in [-0.2, 0) is 16.1 Å². The molecule has 1 heterocycles. The van der Waals surface area contributed by atoms with Gasteiger partial charge >= 0.3 is 0 Å². The predicted octanol–water partition coefficient (Wildman–Crippen LogP) is 1.30. The number of fused-ring (bicyclic) bond motifs is 5. The Morgan fingerprint density at radius 3 is 2.38 bits per heavy atom. The van der Waals surface area contributed by atoms with Gasteiger partial charge in [-0.05, 0) is 49.8 Å². The molecule has 1 aromatic rings. The molecule has 2 fully saturated rings. The van der Waals surface area contributed by atoms with Gasteiger partial charge in [0.05, 0.1) is 18.4 Å². The first-order chi connectivity index (χ1) is 15.5. The van der Waals surface area contributed by atoms with E-state index in [2.05, 4.69) is 33.1 Å². The molecule has 2 bridgehead atoms. The van der Waals surface area contributed by atoms with Crippen LogP contribution < -0.4 is 16.0 Å². The van der Waals surface area contributed by atoms with Gasteiger partial charge in [-0.25, -0.2) is 4.99 Å². The molecule has 2 aliphatic carbocycles. The number of aliphatic imine (C=N–C) groups is 1. The summed E-state index contributed by atoms with van der Waals surface area (Å²) in [6.07, 6.45) is 5.16. The lowest BCUT2D eigenvalue weighted by molar-refractivity contribution is -0.140. The number of nitrogens with zero attached hydrogens (tertiary/aromatic N) is 2. The number of carbonyl (C=O) groups excluding carboxylic acids is 3. The maximum atomic E-state index is 12.8. The highest BCUT2D eigenvalue weighted by molar-refractivity contribution is 6.06. The molecule has 8 nitrogen and oxygen atoms in total. The van der Waals surface area contributed by atoms with Gasteiger partial charge in [-0.15, -0.1) is 0 Å². The average molecular weight is 438 g/mol. The van der Waals surface area contributed by atoms with Crippen LogP contribution in [0.4, 0.5) is 0 Å². The molecular formula is C24H31N5O3. The van der Waals surface area contributed by atoms with Crippen molar-refractivity contribution in [1.29, 1.82) is 0 Å². The van der Waals surface area contributed by atoms with Crippen molar-refractivity contribution < 1.29 is 14.4 Å². The highest BCUT2D eigenvalue weighted by Gasteiger charge is 2.58. The molecule has 8 heteroatoms. The third-order valence-corrected chi connectivity index (χ3v) is 6.48. The Labute approximate surface area is 188 Å². The second-order valence-corrected chi connectivity index (χ2v) is 8.51. The van der Waals surface area contributed by atoms with Crippen molar-refractivity contribution in [3.8, 4) is 0 Å². The summed E-state index contributed by atoms with van der Waals surface area (Å²) in [6.45, 7) is 6.30. The zero-order chi connectivity index (χ0) is 22.7. The molecule has 3 amide bonds. The van der Waals surface area contributed by atoms with Gasteiger partial charge in [0.25, 0.3) is 5.91 Å². The standard InChI is InChI=1S/C24H31N5O3/c1-3-25-21(30)18-7-5-6-15(12-18)14-28-24(26-4-2)27-10-11-29-22(31)19-16-8-9-17(13-16)20(19)23(29)32/h5-9,12,16-17,19-20H,3-4,10-11,13-14H2,1-2H3,(H,25,30)(H2,26,27,28). The van der Waals surface area contributed by atoms with Crippen LogP contribution >= 0.6 is 0 Å². The molecule has 3 N–H and O–H groups in total. The van der Waals surface area contributed by atoms with E-state index in [9.17, 15) is 14.4 Å². The number of rotatable bonds is 8. The fourth-order valence-electron chi connectivity index (χ4n) is 5.06. The molecule has 0 aromatic heterocycles. The minimum atomic E-state index is -0.156. The topological polar surface area (TPSA) is 103 Å². The summed E-state index contributed by atoms with van der Waals surface area (Å²) in [7, 11) is 0. The summed E-state index contributed by atoms with van der Waals surface area (Å²) in [5, 5.41) is 9.20. The molecular weight excluding hydrogens is 406 g/mol. The third-order valence-electron chi connectivity index (χ3n) is 6.48. The number of nitrogens with one attached hydrogen (secondary N) is 3. The monoisotopic (exact) mass is 437 g/mol. The Morgan fingerprint density at radius 1 is 1.03 bits per heavy atom. The van der Waals surface area contributed by atoms with Crippen molar-refractivity contribution in [3.63, 3.8) is 0 Å². The molecule has 4 rings (SSSR count). The molecule has 0 radical (unpaired) electrons. The van der Waals surface area contributed by atoms with Gasteiger partial charge in [-0.2, -0.15) is 0 Å². The van der Waals surface area contributed by atoms with Crippen molar-refractivity contribution >= 4 is 23.7 Å². The van der Waals surface area contributed by atoms with Gasteiger partial charge in [0.2, 0.25) is 11.8 Å². The van der Waals surface area contributed by atoms with E-state index < -0.39 is 0 Å². The van der Waals surface area contributed by atoms with E-state index in [1.165, 1.54) is 4.90 Å². The Morgan fingerprint density at radius 2 is 1.72 bits per heavy atom. The van der Waals surface area contributed by atoms with E-state index in [1.807, 2.05) is 32.0 Å². The minimum absolute atomic E-state index is 0.0252. The molecule has 4 atom stereocenters. The highest BCUT2D eigenvalue weighted by Crippen LogP contribution is 2.52. The number of allylic oxidation sites excluding steroid dienone is 2. The summed E-state index contributed by atoms with van der Waals surface area (Å²) in [5.74, 6) is 0.606. The van der Waals surface area contributed by atoms with Crippen LogP contribution in [0, 0.1) is 23.7 Å². The van der Waals surface area contributed by atoms with Crippen molar-refractivity contribution in [2.45, 2.75) is 26.8 Å². The predicted molar refractivity (Wildman–Crippen MR) is 122 cm³/mol. The number of hydrogen-bond acceptors (Lipinski definition) is 4. The number of carbonyl (C=O) groups is 3. The second-order valence-electron chi connectivity index (χ2n) is 8.51. The van der Waals surface area contributed by atoms with Crippen LogP contribution in [0.1, 0.15) is 36.2 Å². The number of amides is 3. The largest absolute Gasteiger partial charge is 0.357 e. The lowest BCUT2D eigenvalue weighted by atomic mass is 9.85. The van der Waals surface area contributed by atoms with Crippen molar-refractivity contribution in [2.75, 3.05) is 26.2 Å². The van der Waals surface area contributed by atoms with E-state index in [-0.39, 0.29) is 41.4 Å². The van der Waals surface area contributed by atoms with Crippen LogP contribution in [0.3, 0.4) is 0 Å². The fraction of sp³-hybridized carbons (Fsp3) is 0.500. The maximum absolute atomic E-state index is 12.8. The lowest BCUT2D eigenvalue weighted by Crippen LogP contribution is -2.43. The van der Waals surface area contributed by atoms with Crippen LogP contribution in [0.15, 0.2) is 41.4 Å². The van der Waals surface area contributed by atoms with E-state index in [0.717, 1.165) is 12.0 Å². The minimum Gasteiger partial charge on any atom is -0.357 e. The Balaban J connectivity index is 1.33. The molecule has 1 aromatic carbocycles. The quantitative estimate of drug-likeness (QED) is 0.246. The van der Waals surface area contributed by atoms with Crippen molar-refractivity contribution in [2.24, 2.45) is 28.7 Å². The molecule has 4 unspecified atom stereocenters. The van der Waals surface area contributed by atoms with Gasteiger partial charge < -0.3 is 16.0 Å². The summed E-state index contributed by atoms with van der Waals surface area (Å²) in [4.78, 5) is 43.6. The fourth-order valence-corrected chi connectivity index (χ4v) is 5.06. The molecule has 170 valence electrons. The molecule has 32 heavy (non-hydrogen) atoms. The average Bonchev–Trinajstić information content (AvgIpc) is 3.47. The van der Waals surface area contributed by atoms with E-state index >= 15 is 0 Å². The van der Waals surface area contributed by atoms with E-state index in [1.54, 1.807) is 6.07 Å². The van der Waals surface area contributed by atoms with Crippen LogP contribution in [0.2, 0.25) is 0 Å². The van der Waals surface area contributed by atoms with Gasteiger partial charge in [0, 0.05) is 31.7 Å².